The van der Waals surface area contributed by atoms with Crippen molar-refractivity contribution in [2.75, 3.05) is 12.8 Å². The van der Waals surface area contributed by atoms with E-state index in [1.807, 2.05) is 29.6 Å². The van der Waals surface area contributed by atoms with Gasteiger partial charge in [-0.15, -0.1) is 16.4 Å². The third-order valence-electron chi connectivity index (χ3n) is 4.30. The maximum absolute atomic E-state index is 11.4. The lowest BCUT2D eigenvalue weighted by atomic mass is 10.1. The average molecular weight is 391 g/mol. The minimum absolute atomic E-state index is 0.00617. The summed E-state index contributed by atoms with van der Waals surface area (Å²) in [7, 11) is 1.63. The van der Waals surface area contributed by atoms with Crippen LogP contribution >= 0.6 is 11.3 Å². The van der Waals surface area contributed by atoms with E-state index in [0.29, 0.717) is 22.1 Å². The molecular formula is C20H17N5O2S. The Morgan fingerprint density at radius 2 is 1.96 bits per heavy atom. The molecule has 0 aliphatic carbocycles. The fraction of sp³-hybridized carbons (Fsp3) is 0.100. The molecule has 0 aliphatic rings. The highest BCUT2D eigenvalue weighted by Crippen LogP contribution is 2.32. The Bertz CT molecular complexity index is 1150. The van der Waals surface area contributed by atoms with Crippen LogP contribution in [-0.2, 0) is 0 Å². The number of carbonyl (C=O) groups is 1. The Balaban J connectivity index is 1.66. The van der Waals surface area contributed by atoms with Gasteiger partial charge in [-0.1, -0.05) is 17.3 Å². The third-order valence-corrected chi connectivity index (χ3v) is 5.14. The Morgan fingerprint density at radius 1 is 1.18 bits per heavy atom. The molecule has 2 N–H and O–H groups in total. The predicted octanol–water partition coefficient (Wildman–Crippen LogP) is 3.85. The van der Waals surface area contributed by atoms with Crippen molar-refractivity contribution in [2.24, 2.45) is 0 Å². The Kier molecular flexibility index (Phi) is 4.62. The molecule has 0 fully saturated rings. The monoisotopic (exact) mass is 391 g/mol. The minimum atomic E-state index is 0.00617. The first-order chi connectivity index (χ1) is 13.6. The molecule has 0 saturated heterocycles. The second-order valence-corrected chi connectivity index (χ2v) is 6.97. The van der Waals surface area contributed by atoms with E-state index < -0.39 is 0 Å². The summed E-state index contributed by atoms with van der Waals surface area (Å²) in [4.78, 5) is 16.1. The van der Waals surface area contributed by atoms with Gasteiger partial charge >= 0.3 is 0 Å². The number of nitrogen functional groups attached to an aromatic ring is 1. The van der Waals surface area contributed by atoms with E-state index in [-0.39, 0.29) is 5.78 Å². The van der Waals surface area contributed by atoms with Gasteiger partial charge in [-0.05, 0) is 43.3 Å². The van der Waals surface area contributed by atoms with E-state index in [2.05, 4.69) is 15.3 Å². The standard InChI is InChI=1S/C20H17N5O2S/c1-12(26)13-6-8-15(9-7-13)25-19(21)18(23-24-25)20-22-17(11-28-20)14-4-3-5-16(10-14)27-2/h3-11H,21H2,1-2H3. The van der Waals surface area contributed by atoms with Crippen LogP contribution in [0.4, 0.5) is 5.82 Å². The van der Waals surface area contributed by atoms with Crippen LogP contribution in [-0.4, -0.2) is 32.9 Å². The first-order valence-electron chi connectivity index (χ1n) is 8.49. The van der Waals surface area contributed by atoms with Gasteiger partial charge < -0.3 is 10.5 Å². The highest BCUT2D eigenvalue weighted by molar-refractivity contribution is 7.13. The molecule has 28 heavy (non-hydrogen) atoms. The van der Waals surface area contributed by atoms with Gasteiger partial charge in [-0.2, -0.15) is 4.68 Å². The quantitative estimate of drug-likeness (QED) is 0.519. The number of rotatable bonds is 5. The SMILES string of the molecule is COc1cccc(-c2csc(-c3nnn(-c4ccc(C(C)=O)cc4)c3N)n2)c1. The van der Waals surface area contributed by atoms with Crippen LogP contribution in [0.25, 0.3) is 27.6 Å². The fourth-order valence-electron chi connectivity index (χ4n) is 2.77. The van der Waals surface area contributed by atoms with Crippen LogP contribution in [0.1, 0.15) is 17.3 Å². The molecule has 4 rings (SSSR count). The molecule has 140 valence electrons. The van der Waals surface area contributed by atoms with Crippen molar-refractivity contribution in [2.45, 2.75) is 6.92 Å². The second kappa shape index (κ2) is 7.24. The molecule has 0 saturated carbocycles. The smallest absolute Gasteiger partial charge is 0.165 e. The molecule has 8 heteroatoms. The number of nitrogens with two attached hydrogens (primary N) is 1. The van der Waals surface area contributed by atoms with Crippen LogP contribution in [0.2, 0.25) is 0 Å². The number of methoxy groups -OCH3 is 1. The molecule has 0 radical (unpaired) electrons. The largest absolute Gasteiger partial charge is 0.497 e. The zero-order chi connectivity index (χ0) is 19.7. The van der Waals surface area contributed by atoms with Crippen LogP contribution in [0.15, 0.2) is 53.9 Å². The summed E-state index contributed by atoms with van der Waals surface area (Å²) in [6.45, 7) is 1.53. The van der Waals surface area contributed by atoms with Crippen molar-refractivity contribution in [3.8, 4) is 33.4 Å². The second-order valence-electron chi connectivity index (χ2n) is 6.11. The van der Waals surface area contributed by atoms with E-state index in [1.165, 1.54) is 22.9 Å². The summed E-state index contributed by atoms with van der Waals surface area (Å²) in [6.07, 6.45) is 0. The van der Waals surface area contributed by atoms with Crippen molar-refractivity contribution in [3.05, 3.63) is 59.5 Å². The first kappa shape index (κ1) is 17.9. The number of Topliss-reactive ketones (excluding diaryl/α,β-unsaturated/α-hetero) is 1. The molecular weight excluding hydrogens is 374 g/mol. The molecule has 0 spiro atoms. The number of hydrogen-bond donors (Lipinski definition) is 1. The Labute approximate surface area is 165 Å². The molecule has 0 unspecified atom stereocenters. The lowest BCUT2D eigenvalue weighted by Crippen LogP contribution is -2.03. The number of aromatic nitrogens is 4. The first-order valence-corrected chi connectivity index (χ1v) is 9.37. The van der Waals surface area contributed by atoms with Crippen molar-refractivity contribution < 1.29 is 9.53 Å². The Hall–Kier alpha value is -3.52. The number of carbonyl (C=O) groups excluding carboxylic acids is 1. The number of benzene rings is 2. The van der Waals surface area contributed by atoms with E-state index in [1.54, 1.807) is 31.4 Å². The molecule has 4 aromatic rings. The summed E-state index contributed by atoms with van der Waals surface area (Å²) in [5, 5.41) is 11.0. The van der Waals surface area contributed by atoms with Gasteiger partial charge in [0.25, 0.3) is 0 Å². The summed E-state index contributed by atoms with van der Waals surface area (Å²) >= 11 is 1.45. The van der Waals surface area contributed by atoms with Crippen molar-refractivity contribution in [1.82, 2.24) is 20.0 Å². The van der Waals surface area contributed by atoms with Crippen LogP contribution in [0.5, 0.6) is 5.75 Å². The lowest BCUT2D eigenvalue weighted by molar-refractivity contribution is 0.101. The predicted molar refractivity (Wildman–Crippen MR) is 109 cm³/mol. The molecule has 0 aliphatic heterocycles. The molecule has 2 heterocycles. The van der Waals surface area contributed by atoms with Gasteiger partial charge in [0.05, 0.1) is 18.5 Å². The molecule has 2 aromatic heterocycles. The van der Waals surface area contributed by atoms with E-state index in [4.69, 9.17) is 10.5 Å². The number of hydrogen-bond acceptors (Lipinski definition) is 7. The summed E-state index contributed by atoms with van der Waals surface area (Å²) in [5.74, 6) is 1.17. The van der Waals surface area contributed by atoms with Crippen molar-refractivity contribution in [3.63, 3.8) is 0 Å². The van der Waals surface area contributed by atoms with Gasteiger partial charge in [-0.3, -0.25) is 4.79 Å². The average Bonchev–Trinajstić information content (AvgIpc) is 3.35. The van der Waals surface area contributed by atoms with Gasteiger partial charge in [0.2, 0.25) is 0 Å². The zero-order valence-electron chi connectivity index (χ0n) is 15.3. The molecule has 0 bridgehead atoms. The molecule has 0 atom stereocenters. The summed E-state index contributed by atoms with van der Waals surface area (Å²) < 4.78 is 6.80. The van der Waals surface area contributed by atoms with Gasteiger partial charge in [0.15, 0.2) is 17.3 Å². The van der Waals surface area contributed by atoms with Gasteiger partial charge in [0.1, 0.15) is 10.8 Å². The Morgan fingerprint density at radius 3 is 2.68 bits per heavy atom. The fourth-order valence-corrected chi connectivity index (χ4v) is 3.59. The van der Waals surface area contributed by atoms with Crippen molar-refractivity contribution >= 4 is 22.9 Å². The van der Waals surface area contributed by atoms with E-state index >= 15 is 0 Å². The number of ketones is 1. The number of nitrogens with zero attached hydrogens (tertiary/aromatic N) is 4. The highest BCUT2D eigenvalue weighted by atomic mass is 32.1. The highest BCUT2D eigenvalue weighted by Gasteiger charge is 2.17. The maximum atomic E-state index is 11.4. The lowest BCUT2D eigenvalue weighted by Gasteiger charge is -2.04. The maximum Gasteiger partial charge on any atom is 0.165 e. The van der Waals surface area contributed by atoms with Gasteiger partial charge in [0, 0.05) is 16.5 Å². The summed E-state index contributed by atoms with van der Waals surface area (Å²) in [6, 6.07) is 14.8. The van der Waals surface area contributed by atoms with E-state index in [9.17, 15) is 4.79 Å². The minimum Gasteiger partial charge on any atom is -0.497 e. The van der Waals surface area contributed by atoms with Crippen LogP contribution in [0.3, 0.4) is 0 Å². The van der Waals surface area contributed by atoms with E-state index in [0.717, 1.165) is 22.7 Å². The molecule has 7 nitrogen and oxygen atoms in total. The number of thiazole rings is 1. The van der Waals surface area contributed by atoms with Crippen LogP contribution in [0, 0.1) is 0 Å². The third kappa shape index (κ3) is 3.25. The molecule has 2 aromatic carbocycles. The molecule has 0 amide bonds. The number of ether oxygens (including phenoxy) is 1. The van der Waals surface area contributed by atoms with Gasteiger partial charge in [-0.25, -0.2) is 4.98 Å². The topological polar surface area (TPSA) is 95.9 Å². The zero-order valence-corrected chi connectivity index (χ0v) is 16.1. The number of anilines is 1. The van der Waals surface area contributed by atoms with Crippen molar-refractivity contribution in [1.29, 1.82) is 0 Å². The van der Waals surface area contributed by atoms with Crippen LogP contribution < -0.4 is 10.5 Å². The summed E-state index contributed by atoms with van der Waals surface area (Å²) in [5.41, 5.74) is 9.93. The normalized spacial score (nSPS) is 10.8.